The van der Waals surface area contributed by atoms with Gasteiger partial charge in [-0.3, -0.25) is 4.79 Å². The van der Waals surface area contributed by atoms with Gasteiger partial charge in [-0.05, 0) is 0 Å². The minimum Gasteiger partial charge on any atom is -0.326 e. The molecule has 6 heteroatoms. The third-order valence-electron chi connectivity index (χ3n) is 1.74. The average molecular weight is 206 g/mol. The molecule has 0 saturated carbocycles. The van der Waals surface area contributed by atoms with Crippen LogP contribution in [0.1, 0.15) is 16.2 Å². The number of carbonyl (C=O) groups is 1. The maximum atomic E-state index is 11.1. The Morgan fingerprint density at radius 1 is 1.50 bits per heavy atom. The number of amides is 1. The molecule has 14 heavy (non-hydrogen) atoms. The van der Waals surface area contributed by atoms with Crippen molar-refractivity contribution in [3.05, 3.63) is 28.7 Å². The summed E-state index contributed by atoms with van der Waals surface area (Å²) in [5.74, 6) is 0.600. The van der Waals surface area contributed by atoms with Crippen molar-refractivity contribution in [3.63, 3.8) is 0 Å². The molecule has 2 rings (SSSR count). The number of rotatable bonds is 2. The summed E-state index contributed by atoms with van der Waals surface area (Å²) < 4.78 is 0.241. The van der Waals surface area contributed by atoms with Crippen molar-refractivity contribution in [2.24, 2.45) is 10.2 Å². The summed E-state index contributed by atoms with van der Waals surface area (Å²) in [5, 5.41) is 7.05. The molecule has 0 aliphatic carbocycles. The van der Waals surface area contributed by atoms with Crippen LogP contribution in [0.2, 0.25) is 0 Å². The van der Waals surface area contributed by atoms with Gasteiger partial charge < -0.3 is 4.98 Å². The van der Waals surface area contributed by atoms with E-state index in [-0.39, 0.29) is 10.2 Å². The second-order valence-corrected chi connectivity index (χ2v) is 3.10. The van der Waals surface area contributed by atoms with Crippen molar-refractivity contribution in [2.45, 2.75) is 6.42 Å². The van der Waals surface area contributed by atoms with Crippen LogP contribution in [0.3, 0.4) is 0 Å². The molecule has 1 aromatic rings. The van der Waals surface area contributed by atoms with E-state index in [0.29, 0.717) is 18.1 Å². The third-order valence-corrected chi connectivity index (χ3v) is 2.04. The van der Waals surface area contributed by atoms with Gasteiger partial charge in [0.25, 0.3) is 0 Å². The van der Waals surface area contributed by atoms with E-state index in [0.717, 1.165) is 0 Å². The fourth-order valence-corrected chi connectivity index (χ4v) is 1.45. The highest BCUT2D eigenvalue weighted by atomic mass is 32.1. The van der Waals surface area contributed by atoms with Crippen molar-refractivity contribution in [1.82, 2.24) is 9.97 Å². The normalized spacial score (nSPS) is 13.0. The van der Waals surface area contributed by atoms with Gasteiger partial charge in [0, 0.05) is 6.42 Å². The number of aromatic amines is 1. The Hall–Kier alpha value is -1.69. The van der Waals surface area contributed by atoms with E-state index in [9.17, 15) is 4.79 Å². The first-order chi connectivity index (χ1) is 6.72. The molecular weight excluding hydrogens is 200 g/mol. The summed E-state index contributed by atoms with van der Waals surface area (Å²) in [6.07, 6.45) is 2.24. The SMILES string of the molecule is C=CCc1nc(=S)c2c([nH]1)N=NC2=O. The minimum atomic E-state index is -0.432. The van der Waals surface area contributed by atoms with Gasteiger partial charge in [0.15, 0.2) is 5.82 Å². The Kier molecular flexibility index (Phi) is 2.05. The van der Waals surface area contributed by atoms with Crippen LogP contribution >= 0.6 is 12.2 Å². The number of azo groups is 1. The second-order valence-electron chi connectivity index (χ2n) is 2.71. The zero-order valence-corrected chi connectivity index (χ0v) is 7.97. The van der Waals surface area contributed by atoms with Gasteiger partial charge in [-0.2, -0.15) is 0 Å². The van der Waals surface area contributed by atoms with Gasteiger partial charge in [-0.15, -0.1) is 16.8 Å². The maximum Gasteiger partial charge on any atom is 0.302 e. The predicted octanol–water partition coefficient (Wildman–Crippen LogP) is 2.11. The molecule has 0 fully saturated rings. The number of aromatic nitrogens is 2. The van der Waals surface area contributed by atoms with Crippen LogP contribution in [0.5, 0.6) is 0 Å². The summed E-state index contributed by atoms with van der Waals surface area (Å²) in [6, 6.07) is 0. The topological polar surface area (TPSA) is 70.5 Å². The molecule has 5 nitrogen and oxygen atoms in total. The van der Waals surface area contributed by atoms with Crippen LogP contribution in [0, 0.1) is 4.64 Å². The Bertz CT molecular complexity index is 503. The third kappa shape index (κ3) is 1.29. The molecule has 2 heterocycles. The predicted molar refractivity (Wildman–Crippen MR) is 52.2 cm³/mol. The largest absolute Gasteiger partial charge is 0.326 e. The fourth-order valence-electron chi connectivity index (χ4n) is 1.15. The quantitative estimate of drug-likeness (QED) is 0.595. The highest BCUT2D eigenvalue weighted by molar-refractivity contribution is 7.71. The molecule has 0 saturated heterocycles. The first kappa shape index (κ1) is 8.89. The first-order valence-corrected chi connectivity index (χ1v) is 4.33. The lowest BCUT2D eigenvalue weighted by molar-refractivity contribution is 0.100. The highest BCUT2D eigenvalue weighted by Crippen LogP contribution is 2.24. The molecule has 0 radical (unpaired) electrons. The summed E-state index contributed by atoms with van der Waals surface area (Å²) in [4.78, 5) is 18.0. The number of hydrogen-bond donors (Lipinski definition) is 1. The fraction of sp³-hybridized carbons (Fsp3) is 0.125. The lowest BCUT2D eigenvalue weighted by Gasteiger charge is -1.98. The van der Waals surface area contributed by atoms with Crippen LogP contribution in [0.25, 0.3) is 0 Å². The van der Waals surface area contributed by atoms with Crippen LogP contribution in [-0.2, 0) is 6.42 Å². The number of carbonyl (C=O) groups excluding carboxylic acids is 1. The molecule has 1 aliphatic heterocycles. The molecule has 1 aliphatic rings. The molecular formula is C8H6N4OS. The van der Waals surface area contributed by atoms with E-state index in [1.165, 1.54) is 0 Å². The molecule has 70 valence electrons. The summed E-state index contributed by atoms with van der Waals surface area (Å²) in [5.41, 5.74) is 0.285. The van der Waals surface area contributed by atoms with E-state index >= 15 is 0 Å². The molecule has 0 atom stereocenters. The van der Waals surface area contributed by atoms with Crippen molar-refractivity contribution >= 4 is 23.9 Å². The molecule has 1 amide bonds. The number of allylic oxidation sites excluding steroid dienone is 1. The summed E-state index contributed by atoms with van der Waals surface area (Å²) in [7, 11) is 0. The van der Waals surface area contributed by atoms with Gasteiger partial charge in [0.05, 0.1) is 0 Å². The van der Waals surface area contributed by atoms with E-state index in [1.54, 1.807) is 6.08 Å². The highest BCUT2D eigenvalue weighted by Gasteiger charge is 2.21. The molecule has 1 aromatic heterocycles. The van der Waals surface area contributed by atoms with Crippen molar-refractivity contribution in [1.29, 1.82) is 0 Å². The van der Waals surface area contributed by atoms with Crippen molar-refractivity contribution in [3.8, 4) is 0 Å². The van der Waals surface area contributed by atoms with Crippen LogP contribution in [0.4, 0.5) is 5.82 Å². The zero-order valence-electron chi connectivity index (χ0n) is 7.15. The Balaban J connectivity index is 2.61. The van der Waals surface area contributed by atoms with Gasteiger partial charge in [-0.1, -0.05) is 18.3 Å². The second kappa shape index (κ2) is 3.22. The lowest BCUT2D eigenvalue weighted by atomic mass is 10.3. The Morgan fingerprint density at radius 2 is 2.29 bits per heavy atom. The monoisotopic (exact) mass is 206 g/mol. The summed E-state index contributed by atoms with van der Waals surface area (Å²) in [6.45, 7) is 3.58. The number of H-pyrrole nitrogens is 1. The summed E-state index contributed by atoms with van der Waals surface area (Å²) >= 11 is 4.95. The average Bonchev–Trinajstić information content (AvgIpc) is 2.48. The van der Waals surface area contributed by atoms with Crippen LogP contribution < -0.4 is 0 Å². The van der Waals surface area contributed by atoms with Crippen LogP contribution in [-0.4, -0.2) is 15.9 Å². The number of hydrogen-bond acceptors (Lipinski definition) is 4. The minimum absolute atomic E-state index is 0.241. The van der Waals surface area contributed by atoms with E-state index in [1.807, 2.05) is 0 Å². The lowest BCUT2D eigenvalue weighted by Crippen LogP contribution is -1.99. The maximum absolute atomic E-state index is 11.1. The molecule has 0 unspecified atom stereocenters. The first-order valence-electron chi connectivity index (χ1n) is 3.92. The molecule has 0 bridgehead atoms. The standard InChI is InChI=1S/C8H6N4OS/c1-2-3-4-9-6-5(8(14)10-4)7(13)12-11-6/h2H,1,3H2,(H,9,10,14). The van der Waals surface area contributed by atoms with Crippen molar-refractivity contribution in [2.75, 3.05) is 0 Å². The van der Waals surface area contributed by atoms with Gasteiger partial charge >= 0.3 is 5.91 Å². The number of nitrogens with zero attached hydrogens (tertiary/aromatic N) is 3. The Morgan fingerprint density at radius 3 is 3.00 bits per heavy atom. The van der Waals surface area contributed by atoms with E-state index in [4.69, 9.17) is 12.2 Å². The van der Waals surface area contributed by atoms with E-state index in [2.05, 4.69) is 26.8 Å². The van der Waals surface area contributed by atoms with Crippen LogP contribution in [0.15, 0.2) is 22.9 Å². The zero-order chi connectivity index (χ0) is 10.1. The molecule has 0 spiro atoms. The number of nitrogens with one attached hydrogen (secondary N) is 1. The van der Waals surface area contributed by atoms with E-state index < -0.39 is 5.91 Å². The van der Waals surface area contributed by atoms with Crippen molar-refractivity contribution < 1.29 is 4.79 Å². The Labute approximate surface area is 84.6 Å². The smallest absolute Gasteiger partial charge is 0.302 e. The van der Waals surface area contributed by atoms with Gasteiger partial charge in [0.2, 0.25) is 0 Å². The van der Waals surface area contributed by atoms with Gasteiger partial charge in [0.1, 0.15) is 16.0 Å². The number of fused-ring (bicyclic) bond motifs is 1. The van der Waals surface area contributed by atoms with Gasteiger partial charge in [-0.25, -0.2) is 4.98 Å². The molecule has 0 aromatic carbocycles. The molecule has 1 N–H and O–H groups in total.